The predicted molar refractivity (Wildman–Crippen MR) is 207 cm³/mol. The van der Waals surface area contributed by atoms with Gasteiger partial charge >= 0.3 is 7.82 Å². The van der Waals surface area contributed by atoms with Crippen LogP contribution in [0.2, 0.25) is 0 Å². The van der Waals surface area contributed by atoms with Gasteiger partial charge in [0.05, 0.1) is 19.3 Å². The molecule has 2 rings (SSSR count). The molecular weight excluding hydrogens is 679 g/mol. The Balaban J connectivity index is 1.49. The zero-order chi connectivity index (χ0) is 37.7. The fourth-order valence-electron chi connectivity index (χ4n) is 5.99. The molecule has 52 heavy (non-hydrogen) atoms. The Morgan fingerprint density at radius 3 is 1.71 bits per heavy atom. The normalized spacial score (nSPS) is 12.1. The highest BCUT2D eigenvalue weighted by Crippen LogP contribution is 2.35. The first-order valence-electron chi connectivity index (χ1n) is 19.7. The van der Waals surface area contributed by atoms with E-state index in [2.05, 4.69) is 22.1 Å². The molecule has 0 aliphatic heterocycles. The number of ether oxygens (including phenoxy) is 1. The van der Waals surface area contributed by atoms with Crippen molar-refractivity contribution in [3.63, 3.8) is 0 Å². The van der Waals surface area contributed by atoms with Gasteiger partial charge in [0, 0.05) is 37.1 Å². The lowest BCUT2D eigenvalue weighted by Crippen LogP contribution is -2.46. The SMILES string of the molecule is CCCCCCCCCCCCCC(=O)NC[C@H](COP(=O)(O)O)NC(=O)CCCCCCCCCOCc1ccc(C(=O)c2ccccc2)cc1. The standard InChI is InChI=1S/C41H65N2O8P/c1-2-3-4-5-6-7-8-9-11-14-20-25-39(44)42-32-38(34-51-52(47,48)49)43-40(45)26-21-15-12-10-13-16-22-31-50-33-35-27-29-37(30-28-35)41(46)36-23-18-17-19-24-36/h17-19,23-24,27-30,38H,2-16,20-22,25-26,31-34H2,1H3,(H,42,44)(H,43,45)(H2,47,48,49)/t38-/m1/s1. The maximum atomic E-state index is 12.5. The molecule has 0 bridgehead atoms. The molecule has 1 atom stereocenters. The molecule has 2 amide bonds. The molecule has 2 aromatic rings. The smallest absolute Gasteiger partial charge is 0.377 e. The van der Waals surface area contributed by atoms with Crippen LogP contribution in [0.5, 0.6) is 0 Å². The Hall–Kier alpha value is -2.88. The summed E-state index contributed by atoms with van der Waals surface area (Å²) in [4.78, 5) is 55.7. The molecule has 0 aliphatic rings. The van der Waals surface area contributed by atoms with E-state index < -0.39 is 13.9 Å². The lowest BCUT2D eigenvalue weighted by atomic mass is 10.0. The van der Waals surface area contributed by atoms with Gasteiger partial charge in [0.2, 0.25) is 11.8 Å². The summed E-state index contributed by atoms with van der Waals surface area (Å²) in [6.07, 6.45) is 20.7. The first-order valence-corrected chi connectivity index (χ1v) is 21.2. The second-order valence-electron chi connectivity index (χ2n) is 13.8. The summed E-state index contributed by atoms with van der Waals surface area (Å²) in [7, 11) is -4.71. The Morgan fingerprint density at radius 2 is 1.15 bits per heavy atom. The molecule has 0 fully saturated rings. The second kappa shape index (κ2) is 28.6. The first-order chi connectivity index (χ1) is 25.2. The van der Waals surface area contributed by atoms with Crippen LogP contribution in [-0.4, -0.2) is 53.2 Å². The Morgan fingerprint density at radius 1 is 0.654 bits per heavy atom. The van der Waals surface area contributed by atoms with E-state index in [4.69, 9.17) is 14.5 Å². The highest BCUT2D eigenvalue weighted by atomic mass is 31.2. The van der Waals surface area contributed by atoms with E-state index in [1.54, 1.807) is 0 Å². The van der Waals surface area contributed by atoms with E-state index in [1.807, 2.05) is 54.6 Å². The van der Waals surface area contributed by atoms with Crippen molar-refractivity contribution in [3.8, 4) is 0 Å². The maximum absolute atomic E-state index is 12.5. The van der Waals surface area contributed by atoms with Crippen molar-refractivity contribution in [2.75, 3.05) is 19.8 Å². The summed E-state index contributed by atoms with van der Waals surface area (Å²) in [6, 6.07) is 16.1. The number of rotatable bonds is 32. The minimum Gasteiger partial charge on any atom is -0.377 e. The Bertz CT molecular complexity index is 1290. The molecule has 0 saturated carbocycles. The van der Waals surface area contributed by atoms with E-state index in [0.29, 0.717) is 43.6 Å². The van der Waals surface area contributed by atoms with Crippen molar-refractivity contribution >= 4 is 25.4 Å². The molecule has 0 spiro atoms. The number of nitrogens with one attached hydrogen (secondary N) is 2. The molecule has 0 aliphatic carbocycles. The molecule has 0 heterocycles. The molecule has 0 radical (unpaired) electrons. The van der Waals surface area contributed by atoms with Crippen LogP contribution in [-0.2, 0) is 30.0 Å². The molecule has 10 nitrogen and oxygen atoms in total. The third-order valence-corrected chi connectivity index (χ3v) is 9.56. The average Bonchev–Trinajstić information content (AvgIpc) is 3.14. The number of amides is 2. The van der Waals surface area contributed by atoms with E-state index in [9.17, 15) is 18.9 Å². The van der Waals surface area contributed by atoms with E-state index >= 15 is 0 Å². The molecular formula is C41H65N2O8P. The molecule has 11 heteroatoms. The van der Waals surface area contributed by atoms with Crippen LogP contribution < -0.4 is 10.6 Å². The first kappa shape index (κ1) is 45.3. The van der Waals surface area contributed by atoms with Crippen LogP contribution in [0.15, 0.2) is 54.6 Å². The number of phosphoric ester groups is 1. The number of benzene rings is 2. The van der Waals surface area contributed by atoms with Crippen molar-refractivity contribution in [1.82, 2.24) is 10.6 Å². The van der Waals surface area contributed by atoms with Crippen molar-refractivity contribution < 1.29 is 38.0 Å². The van der Waals surface area contributed by atoms with Gasteiger partial charge in [-0.25, -0.2) is 4.57 Å². The number of hydrogen-bond donors (Lipinski definition) is 4. The van der Waals surface area contributed by atoms with E-state index in [0.717, 1.165) is 63.4 Å². The van der Waals surface area contributed by atoms with Crippen LogP contribution in [0.1, 0.15) is 157 Å². The number of unbranched alkanes of at least 4 members (excludes halogenated alkanes) is 16. The van der Waals surface area contributed by atoms with Gasteiger partial charge in [-0.05, 0) is 24.8 Å². The summed E-state index contributed by atoms with van der Waals surface area (Å²) in [5.74, 6) is -0.354. The Labute approximate surface area is 312 Å². The van der Waals surface area contributed by atoms with Crippen molar-refractivity contribution in [1.29, 1.82) is 0 Å². The molecule has 0 unspecified atom stereocenters. The number of carbonyl (C=O) groups excluding carboxylic acids is 3. The van der Waals surface area contributed by atoms with Gasteiger partial charge < -0.3 is 25.2 Å². The quantitative estimate of drug-likeness (QED) is 0.0329. The minimum absolute atomic E-state index is 0.0120. The zero-order valence-corrected chi connectivity index (χ0v) is 32.4. The van der Waals surface area contributed by atoms with Gasteiger partial charge in [-0.1, -0.05) is 158 Å². The fourth-order valence-corrected chi connectivity index (χ4v) is 6.36. The summed E-state index contributed by atoms with van der Waals surface area (Å²) in [5.41, 5.74) is 2.38. The highest BCUT2D eigenvalue weighted by Gasteiger charge is 2.20. The topological polar surface area (TPSA) is 151 Å². The molecule has 292 valence electrons. The zero-order valence-electron chi connectivity index (χ0n) is 31.5. The lowest BCUT2D eigenvalue weighted by molar-refractivity contribution is -0.124. The largest absolute Gasteiger partial charge is 0.469 e. The monoisotopic (exact) mass is 744 g/mol. The summed E-state index contributed by atoms with van der Waals surface area (Å²) in [5, 5.41) is 5.54. The summed E-state index contributed by atoms with van der Waals surface area (Å²) in [6.45, 7) is 3.08. The Kier molecular flexibility index (Phi) is 24.9. The highest BCUT2D eigenvalue weighted by molar-refractivity contribution is 7.46. The molecule has 2 aromatic carbocycles. The van der Waals surface area contributed by atoms with Gasteiger partial charge in [-0.3, -0.25) is 18.9 Å². The lowest BCUT2D eigenvalue weighted by Gasteiger charge is -2.20. The average molecular weight is 745 g/mol. The minimum atomic E-state index is -4.71. The third kappa shape index (κ3) is 23.6. The number of hydrogen-bond acceptors (Lipinski definition) is 6. The summed E-state index contributed by atoms with van der Waals surface area (Å²) < 4.78 is 21.7. The number of ketones is 1. The van der Waals surface area contributed by atoms with Crippen molar-refractivity contribution in [3.05, 3.63) is 71.3 Å². The van der Waals surface area contributed by atoms with E-state index in [1.165, 1.54) is 51.4 Å². The molecule has 0 aromatic heterocycles. The van der Waals surface area contributed by atoms with Gasteiger partial charge in [-0.2, -0.15) is 0 Å². The van der Waals surface area contributed by atoms with Crippen LogP contribution in [0, 0.1) is 0 Å². The van der Waals surface area contributed by atoms with Gasteiger partial charge in [0.15, 0.2) is 5.78 Å². The maximum Gasteiger partial charge on any atom is 0.469 e. The van der Waals surface area contributed by atoms with Crippen LogP contribution in [0.25, 0.3) is 0 Å². The van der Waals surface area contributed by atoms with Crippen molar-refractivity contribution in [2.45, 2.75) is 148 Å². The van der Waals surface area contributed by atoms with Gasteiger partial charge in [0.25, 0.3) is 0 Å². The number of phosphoric acid groups is 1. The van der Waals surface area contributed by atoms with Crippen molar-refractivity contribution in [2.24, 2.45) is 0 Å². The fraction of sp³-hybridized carbons (Fsp3) is 0.634. The van der Waals surface area contributed by atoms with Crippen LogP contribution in [0.4, 0.5) is 0 Å². The summed E-state index contributed by atoms with van der Waals surface area (Å²) >= 11 is 0. The van der Waals surface area contributed by atoms with Crippen LogP contribution in [0.3, 0.4) is 0 Å². The molecule has 4 N–H and O–H groups in total. The molecule has 0 saturated heterocycles. The second-order valence-corrected chi connectivity index (χ2v) is 15.0. The van der Waals surface area contributed by atoms with Gasteiger partial charge in [-0.15, -0.1) is 0 Å². The van der Waals surface area contributed by atoms with E-state index in [-0.39, 0.29) is 30.7 Å². The predicted octanol–water partition coefficient (Wildman–Crippen LogP) is 8.97. The van der Waals surface area contributed by atoms with Crippen LogP contribution >= 0.6 is 7.82 Å². The van der Waals surface area contributed by atoms with Gasteiger partial charge in [0.1, 0.15) is 0 Å². The number of carbonyl (C=O) groups is 3. The third-order valence-electron chi connectivity index (χ3n) is 9.08.